The summed E-state index contributed by atoms with van der Waals surface area (Å²) in [6.07, 6.45) is 1.72. The highest BCUT2D eigenvalue weighted by Gasteiger charge is 2.05. The van der Waals surface area contributed by atoms with Crippen molar-refractivity contribution in [1.29, 1.82) is 0 Å². The molecule has 1 N–H and O–H groups in total. The predicted octanol–water partition coefficient (Wildman–Crippen LogP) is 3.66. The van der Waals surface area contributed by atoms with Crippen LogP contribution in [0.5, 0.6) is 0 Å². The molecule has 3 aromatic rings. The summed E-state index contributed by atoms with van der Waals surface area (Å²) in [6.45, 7) is 1.90. The Hall–Kier alpha value is -2.62. The van der Waals surface area contributed by atoms with Gasteiger partial charge in [-0.2, -0.15) is 5.10 Å². The van der Waals surface area contributed by atoms with E-state index in [1.54, 1.807) is 6.20 Å². The minimum Gasteiger partial charge on any atom is -0.455 e. The van der Waals surface area contributed by atoms with Crippen LogP contribution in [0.15, 0.2) is 64.2 Å². The zero-order valence-electron chi connectivity index (χ0n) is 10.5. The van der Waals surface area contributed by atoms with Crippen LogP contribution in [0, 0.1) is 0 Å². The van der Waals surface area contributed by atoms with Crippen molar-refractivity contribution in [3.8, 4) is 0 Å². The number of nitrogens with zero attached hydrogens (tertiary/aromatic N) is 2. The average Bonchev–Trinajstić information content (AvgIpc) is 2.90. The molecule has 0 saturated carbocycles. The van der Waals surface area contributed by atoms with Crippen LogP contribution in [-0.2, 0) is 0 Å². The number of fused-ring (bicyclic) bond motifs is 1. The lowest BCUT2D eigenvalue weighted by Gasteiger charge is -1.99. The van der Waals surface area contributed by atoms with Crippen LogP contribution in [0.25, 0.3) is 11.0 Å². The molecule has 0 aliphatic carbocycles. The smallest absolute Gasteiger partial charge is 0.151 e. The molecule has 2 aromatic heterocycles. The van der Waals surface area contributed by atoms with Gasteiger partial charge < -0.3 is 4.42 Å². The summed E-state index contributed by atoms with van der Waals surface area (Å²) >= 11 is 0. The highest BCUT2D eigenvalue weighted by Crippen LogP contribution is 2.19. The molecular formula is C15H13N3O. The van der Waals surface area contributed by atoms with Crippen molar-refractivity contribution >= 4 is 22.5 Å². The van der Waals surface area contributed by atoms with Gasteiger partial charge in [-0.05, 0) is 31.2 Å². The number of nitrogens with one attached hydrogen (secondary N) is 1. The summed E-state index contributed by atoms with van der Waals surface area (Å²) < 4.78 is 5.73. The number of para-hydroxylation sites is 1. The maximum absolute atomic E-state index is 5.73. The molecule has 0 radical (unpaired) electrons. The first-order chi connectivity index (χ1) is 9.33. The quantitative estimate of drug-likeness (QED) is 0.571. The van der Waals surface area contributed by atoms with Crippen molar-refractivity contribution < 1.29 is 4.42 Å². The van der Waals surface area contributed by atoms with E-state index in [0.717, 1.165) is 22.4 Å². The molecule has 1 aromatic carbocycles. The molecule has 94 valence electrons. The van der Waals surface area contributed by atoms with Crippen LogP contribution in [0.2, 0.25) is 0 Å². The predicted molar refractivity (Wildman–Crippen MR) is 76.3 cm³/mol. The van der Waals surface area contributed by atoms with Crippen LogP contribution in [0.1, 0.15) is 12.7 Å². The van der Waals surface area contributed by atoms with Crippen LogP contribution >= 0.6 is 0 Å². The summed E-state index contributed by atoms with van der Waals surface area (Å²) in [4.78, 5) is 4.14. The van der Waals surface area contributed by atoms with Crippen molar-refractivity contribution in [2.45, 2.75) is 6.92 Å². The maximum atomic E-state index is 5.73. The lowest BCUT2D eigenvalue weighted by molar-refractivity contribution is 0.604. The fourth-order valence-electron chi connectivity index (χ4n) is 1.79. The summed E-state index contributed by atoms with van der Waals surface area (Å²) in [5.41, 5.74) is 4.55. The molecule has 3 rings (SSSR count). The molecule has 4 heteroatoms. The number of hydrazone groups is 1. The number of aromatic nitrogens is 1. The second kappa shape index (κ2) is 4.94. The lowest BCUT2D eigenvalue weighted by atomic mass is 10.2. The number of pyridine rings is 1. The average molecular weight is 251 g/mol. The Morgan fingerprint density at radius 3 is 2.79 bits per heavy atom. The molecule has 0 aliphatic heterocycles. The first kappa shape index (κ1) is 11.5. The van der Waals surface area contributed by atoms with Gasteiger partial charge in [-0.15, -0.1) is 0 Å². The third-order valence-corrected chi connectivity index (χ3v) is 2.79. The van der Waals surface area contributed by atoms with Crippen molar-refractivity contribution in [2.24, 2.45) is 5.10 Å². The van der Waals surface area contributed by atoms with Gasteiger partial charge >= 0.3 is 0 Å². The van der Waals surface area contributed by atoms with Crippen molar-refractivity contribution in [3.05, 3.63) is 60.5 Å². The number of furan rings is 1. The van der Waals surface area contributed by atoms with Gasteiger partial charge in [0.1, 0.15) is 17.1 Å². The Balaban J connectivity index is 1.85. The molecule has 2 heterocycles. The van der Waals surface area contributed by atoms with E-state index in [4.69, 9.17) is 4.42 Å². The Morgan fingerprint density at radius 1 is 1.16 bits per heavy atom. The van der Waals surface area contributed by atoms with Crippen molar-refractivity contribution in [1.82, 2.24) is 4.98 Å². The van der Waals surface area contributed by atoms with Crippen LogP contribution in [0.4, 0.5) is 5.82 Å². The zero-order chi connectivity index (χ0) is 13.1. The summed E-state index contributed by atoms with van der Waals surface area (Å²) in [7, 11) is 0. The van der Waals surface area contributed by atoms with E-state index in [-0.39, 0.29) is 0 Å². The standard InChI is InChI=1S/C15H13N3O/c1-11(17-18-15-8-4-5-9-16-15)14-10-12-6-2-3-7-13(12)19-14/h2-10H,1H3,(H,16,18)/b17-11-. The molecule has 19 heavy (non-hydrogen) atoms. The Kier molecular flexibility index (Phi) is 2.98. The Morgan fingerprint density at radius 2 is 2.00 bits per heavy atom. The van der Waals surface area contributed by atoms with E-state index in [1.165, 1.54) is 0 Å². The van der Waals surface area contributed by atoms with Crippen LogP contribution in [0.3, 0.4) is 0 Å². The Bertz CT molecular complexity index is 683. The van der Waals surface area contributed by atoms with E-state index in [0.29, 0.717) is 5.82 Å². The summed E-state index contributed by atoms with van der Waals surface area (Å²) in [6, 6.07) is 15.5. The monoisotopic (exact) mass is 251 g/mol. The van der Waals surface area contributed by atoms with Gasteiger partial charge in [-0.3, -0.25) is 5.43 Å². The van der Waals surface area contributed by atoms with E-state index >= 15 is 0 Å². The van der Waals surface area contributed by atoms with Gasteiger partial charge in [-0.25, -0.2) is 4.98 Å². The van der Waals surface area contributed by atoms with E-state index in [2.05, 4.69) is 15.5 Å². The second-order valence-electron chi connectivity index (χ2n) is 4.17. The van der Waals surface area contributed by atoms with Gasteiger partial charge in [-0.1, -0.05) is 24.3 Å². The van der Waals surface area contributed by atoms with Gasteiger partial charge in [0.25, 0.3) is 0 Å². The molecule has 4 nitrogen and oxygen atoms in total. The summed E-state index contributed by atoms with van der Waals surface area (Å²) in [5, 5.41) is 5.34. The Labute approximate surface area is 110 Å². The number of hydrogen-bond donors (Lipinski definition) is 1. The zero-order valence-corrected chi connectivity index (χ0v) is 10.5. The van der Waals surface area contributed by atoms with E-state index < -0.39 is 0 Å². The third kappa shape index (κ3) is 2.47. The highest BCUT2D eigenvalue weighted by atomic mass is 16.3. The third-order valence-electron chi connectivity index (χ3n) is 2.79. The normalized spacial score (nSPS) is 11.7. The molecule has 0 aliphatic rings. The minimum absolute atomic E-state index is 0.706. The molecular weight excluding hydrogens is 238 g/mol. The topological polar surface area (TPSA) is 50.4 Å². The van der Waals surface area contributed by atoms with Crippen LogP contribution in [-0.4, -0.2) is 10.7 Å². The molecule has 0 spiro atoms. The fraction of sp³-hybridized carbons (Fsp3) is 0.0667. The second-order valence-corrected chi connectivity index (χ2v) is 4.17. The molecule has 0 saturated heterocycles. The van der Waals surface area contributed by atoms with E-state index in [1.807, 2.05) is 55.5 Å². The van der Waals surface area contributed by atoms with Gasteiger partial charge in [0, 0.05) is 11.6 Å². The van der Waals surface area contributed by atoms with Crippen LogP contribution < -0.4 is 5.43 Å². The first-order valence-corrected chi connectivity index (χ1v) is 6.03. The number of rotatable bonds is 3. The van der Waals surface area contributed by atoms with Crippen molar-refractivity contribution in [2.75, 3.05) is 5.43 Å². The number of hydrogen-bond acceptors (Lipinski definition) is 4. The number of benzene rings is 1. The fourth-order valence-corrected chi connectivity index (χ4v) is 1.79. The largest absolute Gasteiger partial charge is 0.455 e. The SMILES string of the molecule is C/C(=N/Nc1ccccn1)c1cc2ccccc2o1. The van der Waals surface area contributed by atoms with E-state index in [9.17, 15) is 0 Å². The van der Waals surface area contributed by atoms with Gasteiger partial charge in [0.2, 0.25) is 0 Å². The lowest BCUT2D eigenvalue weighted by Crippen LogP contribution is -1.99. The molecule has 0 fully saturated rings. The molecule has 0 atom stereocenters. The molecule has 0 amide bonds. The maximum Gasteiger partial charge on any atom is 0.151 e. The van der Waals surface area contributed by atoms with Crippen molar-refractivity contribution in [3.63, 3.8) is 0 Å². The van der Waals surface area contributed by atoms with Gasteiger partial charge in [0.15, 0.2) is 5.76 Å². The molecule has 0 bridgehead atoms. The molecule has 0 unspecified atom stereocenters. The minimum atomic E-state index is 0.706. The highest BCUT2D eigenvalue weighted by molar-refractivity contribution is 6.00. The summed E-state index contributed by atoms with van der Waals surface area (Å²) in [5.74, 6) is 1.46. The van der Waals surface area contributed by atoms with Gasteiger partial charge in [0.05, 0.1) is 0 Å². The number of anilines is 1. The first-order valence-electron chi connectivity index (χ1n) is 6.03.